The second-order valence-electron chi connectivity index (χ2n) is 6.38. The van der Waals surface area contributed by atoms with E-state index in [0.29, 0.717) is 6.42 Å². The van der Waals surface area contributed by atoms with Crippen molar-refractivity contribution in [3.8, 4) is 11.1 Å². The molecule has 26 heavy (non-hydrogen) atoms. The lowest BCUT2D eigenvalue weighted by Crippen LogP contribution is -2.01. The number of nitrogens with two attached hydrogens (primary N) is 1. The Kier molecular flexibility index (Phi) is 3.28. The van der Waals surface area contributed by atoms with Crippen LogP contribution in [0.3, 0.4) is 0 Å². The summed E-state index contributed by atoms with van der Waals surface area (Å²) >= 11 is 0. The van der Waals surface area contributed by atoms with E-state index in [0.717, 1.165) is 39.4 Å². The first-order valence-electron chi connectivity index (χ1n) is 8.57. The minimum absolute atomic E-state index is 0.607. The molecule has 0 fully saturated rings. The van der Waals surface area contributed by atoms with Crippen LogP contribution in [-0.2, 0) is 0 Å². The molecular formula is C22H16N4. The molecule has 124 valence electrons. The first-order chi connectivity index (χ1) is 12.9. The van der Waals surface area contributed by atoms with E-state index in [-0.39, 0.29) is 0 Å². The molecule has 0 amide bonds. The highest BCUT2D eigenvalue weighted by Crippen LogP contribution is 2.36. The molecule has 0 bridgehead atoms. The third-order valence-corrected chi connectivity index (χ3v) is 4.96. The van der Waals surface area contributed by atoms with Gasteiger partial charge >= 0.3 is 0 Å². The number of hydrazone groups is 1. The van der Waals surface area contributed by atoms with Crippen molar-refractivity contribution >= 4 is 17.1 Å². The monoisotopic (exact) mass is 336 g/mol. The molecule has 4 heteroatoms. The van der Waals surface area contributed by atoms with Gasteiger partial charge in [0, 0.05) is 28.7 Å². The van der Waals surface area contributed by atoms with Gasteiger partial charge in [0.2, 0.25) is 0 Å². The van der Waals surface area contributed by atoms with Crippen molar-refractivity contribution in [1.82, 2.24) is 0 Å². The van der Waals surface area contributed by atoms with Crippen LogP contribution >= 0.6 is 0 Å². The zero-order valence-corrected chi connectivity index (χ0v) is 14.1. The SMILES string of the molecule is N/N=C1/C/C(=N\N=C2c3ccccc3-c3ccccc32)c2ccccc21. The third kappa shape index (κ3) is 2.12. The second-order valence-corrected chi connectivity index (χ2v) is 6.38. The van der Waals surface area contributed by atoms with Gasteiger partial charge in [0.25, 0.3) is 0 Å². The number of hydrogen-bond donors (Lipinski definition) is 1. The molecule has 4 nitrogen and oxygen atoms in total. The summed E-state index contributed by atoms with van der Waals surface area (Å²) in [7, 11) is 0. The van der Waals surface area contributed by atoms with Gasteiger partial charge in [0.05, 0.1) is 11.4 Å². The van der Waals surface area contributed by atoms with Crippen LogP contribution in [0.5, 0.6) is 0 Å². The lowest BCUT2D eigenvalue weighted by molar-refractivity contribution is 1.21. The Morgan fingerprint density at radius 3 is 1.54 bits per heavy atom. The van der Waals surface area contributed by atoms with Crippen LogP contribution in [0.25, 0.3) is 11.1 Å². The van der Waals surface area contributed by atoms with Gasteiger partial charge in [-0.15, -0.1) is 5.10 Å². The van der Waals surface area contributed by atoms with E-state index in [1.54, 1.807) is 0 Å². The van der Waals surface area contributed by atoms with Crippen molar-refractivity contribution in [3.05, 3.63) is 95.1 Å². The zero-order chi connectivity index (χ0) is 17.5. The summed E-state index contributed by atoms with van der Waals surface area (Å²) in [6, 6.07) is 24.7. The highest BCUT2D eigenvalue weighted by Gasteiger charge is 2.26. The maximum Gasteiger partial charge on any atom is 0.101 e. The van der Waals surface area contributed by atoms with Crippen LogP contribution in [0, 0.1) is 0 Å². The molecule has 0 aliphatic heterocycles. The largest absolute Gasteiger partial charge is 0.323 e. The number of hydrogen-bond acceptors (Lipinski definition) is 4. The lowest BCUT2D eigenvalue weighted by atomic mass is 10.1. The molecule has 0 unspecified atom stereocenters. The second kappa shape index (κ2) is 5.77. The average molecular weight is 336 g/mol. The number of nitrogens with zero attached hydrogens (tertiary/aromatic N) is 3. The first-order valence-corrected chi connectivity index (χ1v) is 8.57. The predicted octanol–water partition coefficient (Wildman–Crippen LogP) is 3.98. The van der Waals surface area contributed by atoms with Crippen LogP contribution in [0.4, 0.5) is 0 Å². The van der Waals surface area contributed by atoms with Crippen molar-refractivity contribution in [3.63, 3.8) is 0 Å². The van der Waals surface area contributed by atoms with Crippen LogP contribution in [0.1, 0.15) is 28.7 Å². The van der Waals surface area contributed by atoms with E-state index >= 15 is 0 Å². The van der Waals surface area contributed by atoms with Crippen molar-refractivity contribution in [2.75, 3.05) is 0 Å². The Morgan fingerprint density at radius 2 is 1.00 bits per heavy atom. The summed E-state index contributed by atoms with van der Waals surface area (Å²) in [5.74, 6) is 5.55. The van der Waals surface area contributed by atoms with Gasteiger partial charge in [-0.05, 0) is 11.1 Å². The van der Waals surface area contributed by atoms with Gasteiger partial charge in [0.1, 0.15) is 5.71 Å². The van der Waals surface area contributed by atoms with Gasteiger partial charge in [-0.3, -0.25) is 0 Å². The topological polar surface area (TPSA) is 63.1 Å². The van der Waals surface area contributed by atoms with E-state index in [1.165, 1.54) is 11.1 Å². The normalized spacial score (nSPS) is 17.3. The third-order valence-electron chi connectivity index (χ3n) is 4.96. The number of fused-ring (bicyclic) bond motifs is 4. The standard InChI is InChI=1S/C22H16N4/c23-24-20-13-21(17-10-4-3-9-16(17)20)25-26-22-18-11-5-1-7-14(18)15-8-2-6-12-19(15)22/h1-12H,13,23H2/b24-20-,25-21+. The van der Waals surface area contributed by atoms with E-state index < -0.39 is 0 Å². The van der Waals surface area contributed by atoms with Crippen LogP contribution in [-0.4, -0.2) is 17.1 Å². The Balaban J connectivity index is 1.66. The number of benzene rings is 3. The van der Waals surface area contributed by atoms with Crippen molar-refractivity contribution in [2.45, 2.75) is 6.42 Å². The van der Waals surface area contributed by atoms with E-state index in [9.17, 15) is 0 Å². The molecule has 0 saturated carbocycles. The predicted molar refractivity (Wildman–Crippen MR) is 106 cm³/mol. The molecule has 0 atom stereocenters. The minimum Gasteiger partial charge on any atom is -0.323 e. The van der Waals surface area contributed by atoms with E-state index in [2.05, 4.69) is 51.7 Å². The maximum absolute atomic E-state index is 5.55. The quantitative estimate of drug-likeness (QED) is 0.415. The van der Waals surface area contributed by atoms with Crippen LogP contribution in [0.15, 0.2) is 88.1 Å². The molecule has 3 aromatic rings. The van der Waals surface area contributed by atoms with E-state index in [1.807, 2.05) is 36.4 Å². The molecule has 5 rings (SSSR count). The summed E-state index contributed by atoms with van der Waals surface area (Å²) < 4.78 is 0. The van der Waals surface area contributed by atoms with Crippen molar-refractivity contribution < 1.29 is 0 Å². The lowest BCUT2D eigenvalue weighted by Gasteiger charge is -2.00. The van der Waals surface area contributed by atoms with Crippen molar-refractivity contribution in [2.24, 2.45) is 21.1 Å². The molecule has 3 aromatic carbocycles. The number of rotatable bonds is 1. The molecule has 2 N–H and O–H groups in total. The van der Waals surface area contributed by atoms with Gasteiger partial charge < -0.3 is 5.84 Å². The fourth-order valence-corrected chi connectivity index (χ4v) is 3.75. The van der Waals surface area contributed by atoms with Crippen LogP contribution in [0.2, 0.25) is 0 Å². The molecule has 2 aliphatic carbocycles. The molecule has 0 aromatic heterocycles. The molecule has 0 radical (unpaired) electrons. The fourth-order valence-electron chi connectivity index (χ4n) is 3.75. The maximum atomic E-state index is 5.55. The Labute approximate surface area is 151 Å². The van der Waals surface area contributed by atoms with Crippen LogP contribution < -0.4 is 5.84 Å². The summed E-state index contributed by atoms with van der Waals surface area (Å²) in [4.78, 5) is 0. The van der Waals surface area contributed by atoms with Gasteiger partial charge in [-0.25, -0.2) is 0 Å². The van der Waals surface area contributed by atoms with Crippen molar-refractivity contribution in [1.29, 1.82) is 0 Å². The Hall–Kier alpha value is -3.53. The molecule has 0 saturated heterocycles. The smallest absolute Gasteiger partial charge is 0.101 e. The first kappa shape index (κ1) is 14.8. The summed E-state index contributed by atoms with van der Waals surface area (Å²) in [5.41, 5.74) is 9.43. The molecular weight excluding hydrogens is 320 g/mol. The fraction of sp³-hybridized carbons (Fsp3) is 0.0455. The Morgan fingerprint density at radius 1 is 0.538 bits per heavy atom. The molecule has 2 aliphatic rings. The highest BCUT2D eigenvalue weighted by atomic mass is 15.2. The summed E-state index contributed by atoms with van der Waals surface area (Å²) in [6.45, 7) is 0. The summed E-state index contributed by atoms with van der Waals surface area (Å²) in [5, 5.41) is 13.2. The molecule has 0 spiro atoms. The average Bonchev–Trinajstić information content (AvgIpc) is 3.22. The van der Waals surface area contributed by atoms with Gasteiger partial charge in [0.15, 0.2) is 0 Å². The highest BCUT2D eigenvalue weighted by molar-refractivity contribution is 6.28. The summed E-state index contributed by atoms with van der Waals surface area (Å²) in [6.07, 6.45) is 0.607. The Bertz CT molecular complexity index is 1070. The molecule has 0 heterocycles. The minimum atomic E-state index is 0.607. The van der Waals surface area contributed by atoms with E-state index in [4.69, 9.17) is 5.84 Å². The zero-order valence-electron chi connectivity index (χ0n) is 14.1. The van der Waals surface area contributed by atoms with Gasteiger partial charge in [-0.2, -0.15) is 10.2 Å². The van der Waals surface area contributed by atoms with Gasteiger partial charge in [-0.1, -0.05) is 72.8 Å².